The lowest BCUT2D eigenvalue weighted by molar-refractivity contribution is 0.0960. The predicted molar refractivity (Wildman–Crippen MR) is 109 cm³/mol. The fourth-order valence-corrected chi connectivity index (χ4v) is 4.07. The van der Waals surface area contributed by atoms with Gasteiger partial charge in [0.1, 0.15) is 0 Å². The van der Waals surface area contributed by atoms with Crippen molar-refractivity contribution in [3.63, 3.8) is 0 Å². The number of fused-ring (bicyclic) bond motifs is 2. The van der Waals surface area contributed by atoms with Gasteiger partial charge in [0.2, 0.25) is 0 Å². The maximum atomic E-state index is 12.6. The van der Waals surface area contributed by atoms with Gasteiger partial charge in [-0.05, 0) is 49.2 Å². The molecule has 5 rings (SSSR count). The van der Waals surface area contributed by atoms with E-state index >= 15 is 0 Å². The summed E-state index contributed by atoms with van der Waals surface area (Å²) in [4.78, 5) is 12.6. The van der Waals surface area contributed by atoms with Crippen LogP contribution in [-0.4, -0.2) is 12.5 Å². The molecule has 26 heavy (non-hydrogen) atoms. The molecule has 122 valence electrons. The molecule has 2 nitrogen and oxygen atoms in total. The molecule has 0 bridgehead atoms. The van der Waals surface area contributed by atoms with E-state index in [0.29, 0.717) is 5.56 Å². The van der Waals surface area contributed by atoms with Crippen LogP contribution in [0.3, 0.4) is 0 Å². The molecule has 0 aliphatic rings. The Morgan fingerprint density at radius 2 is 1.35 bits per heavy atom. The van der Waals surface area contributed by atoms with Crippen molar-refractivity contribution >= 4 is 49.0 Å². The van der Waals surface area contributed by atoms with Crippen LogP contribution < -0.4 is 5.32 Å². The van der Waals surface area contributed by atoms with Gasteiger partial charge in [-0.25, -0.2) is 0 Å². The summed E-state index contributed by atoms with van der Waals surface area (Å²) in [6.07, 6.45) is 5.28. The molecule has 0 atom stereocenters. The van der Waals surface area contributed by atoms with Gasteiger partial charge in [-0.1, -0.05) is 66.6 Å². The van der Waals surface area contributed by atoms with E-state index in [1.165, 1.54) is 32.3 Å². The summed E-state index contributed by atoms with van der Waals surface area (Å²) in [6.45, 7) is 0.226. The van der Waals surface area contributed by atoms with Crippen molar-refractivity contribution < 1.29 is 4.79 Å². The van der Waals surface area contributed by atoms with E-state index in [9.17, 15) is 4.79 Å². The summed E-state index contributed by atoms with van der Waals surface area (Å²) in [5.41, 5.74) is 0.660. The van der Waals surface area contributed by atoms with E-state index in [1.807, 2.05) is 18.2 Å². The third-order valence-corrected chi connectivity index (χ3v) is 5.12. The molecule has 0 aromatic heterocycles. The van der Waals surface area contributed by atoms with Gasteiger partial charge in [0, 0.05) is 5.56 Å². The van der Waals surface area contributed by atoms with Crippen LogP contribution in [0.2, 0.25) is 0 Å². The number of nitrogens with one attached hydrogen (secondary N) is 1. The third kappa shape index (κ3) is 1.92. The lowest BCUT2D eigenvalue weighted by Crippen LogP contribution is -2.23. The first-order valence-corrected chi connectivity index (χ1v) is 8.59. The van der Waals surface area contributed by atoms with Gasteiger partial charge >= 0.3 is 0 Å². The van der Waals surface area contributed by atoms with Crippen molar-refractivity contribution in [2.45, 2.75) is 0 Å². The highest BCUT2D eigenvalue weighted by molar-refractivity contribution is 6.34. The number of carbonyl (C=O) groups excluding carboxylic acids is 1. The Hall–Kier alpha value is -3.57. The van der Waals surface area contributed by atoms with E-state index in [4.69, 9.17) is 6.42 Å². The van der Waals surface area contributed by atoms with Gasteiger partial charge in [-0.3, -0.25) is 4.79 Å². The Morgan fingerprint density at radius 1 is 0.769 bits per heavy atom. The number of carbonyl (C=O) groups is 1. The third-order valence-electron chi connectivity index (χ3n) is 5.12. The highest BCUT2D eigenvalue weighted by Gasteiger charge is 2.16. The van der Waals surface area contributed by atoms with E-state index < -0.39 is 0 Å². The van der Waals surface area contributed by atoms with E-state index in [2.05, 4.69) is 59.8 Å². The molecule has 1 amide bonds. The topological polar surface area (TPSA) is 29.1 Å². The highest BCUT2D eigenvalue weighted by Crippen LogP contribution is 2.40. The van der Waals surface area contributed by atoms with Crippen LogP contribution in [0.1, 0.15) is 10.4 Å². The zero-order chi connectivity index (χ0) is 17.7. The molecular weight excluding hydrogens is 318 g/mol. The van der Waals surface area contributed by atoms with E-state index in [1.54, 1.807) is 0 Å². The molecule has 5 aromatic carbocycles. The maximum absolute atomic E-state index is 12.6. The first-order chi connectivity index (χ1) is 12.8. The Bertz CT molecular complexity index is 1310. The zero-order valence-corrected chi connectivity index (χ0v) is 14.0. The summed E-state index contributed by atoms with van der Waals surface area (Å²) < 4.78 is 0. The summed E-state index contributed by atoms with van der Waals surface area (Å²) in [5.74, 6) is 2.32. The summed E-state index contributed by atoms with van der Waals surface area (Å²) >= 11 is 0. The minimum absolute atomic E-state index is 0.135. The molecule has 5 aromatic rings. The second-order valence-electron chi connectivity index (χ2n) is 6.48. The summed E-state index contributed by atoms with van der Waals surface area (Å²) in [7, 11) is 0. The average molecular weight is 333 g/mol. The van der Waals surface area contributed by atoms with Gasteiger partial charge in [-0.15, -0.1) is 6.42 Å². The summed E-state index contributed by atoms with van der Waals surface area (Å²) in [5, 5.41) is 12.2. The number of hydrogen-bond donors (Lipinski definition) is 1. The summed E-state index contributed by atoms with van der Waals surface area (Å²) in [6, 6.07) is 22.9. The molecule has 0 aliphatic heterocycles. The Balaban J connectivity index is 1.97. The molecule has 2 heteroatoms. The Morgan fingerprint density at radius 3 is 2.04 bits per heavy atom. The molecule has 0 heterocycles. The molecule has 0 saturated carbocycles. The maximum Gasteiger partial charge on any atom is 0.252 e. The minimum Gasteiger partial charge on any atom is -0.341 e. The lowest BCUT2D eigenvalue weighted by atomic mass is 9.88. The monoisotopic (exact) mass is 333 g/mol. The van der Waals surface area contributed by atoms with E-state index in [-0.39, 0.29) is 12.5 Å². The molecule has 0 spiro atoms. The van der Waals surface area contributed by atoms with Crippen LogP contribution in [0.4, 0.5) is 0 Å². The minimum atomic E-state index is -0.135. The van der Waals surface area contributed by atoms with Crippen LogP contribution in [0.15, 0.2) is 66.7 Å². The van der Waals surface area contributed by atoms with Crippen molar-refractivity contribution in [1.82, 2.24) is 5.32 Å². The van der Waals surface area contributed by atoms with Crippen molar-refractivity contribution in [1.29, 1.82) is 0 Å². The smallest absolute Gasteiger partial charge is 0.252 e. The molecule has 1 N–H and O–H groups in total. The first kappa shape index (κ1) is 14.7. The van der Waals surface area contributed by atoms with Crippen molar-refractivity contribution in [3.8, 4) is 12.3 Å². The second-order valence-corrected chi connectivity index (χ2v) is 6.48. The molecule has 0 fully saturated rings. The Labute approximate surface area is 150 Å². The number of terminal acetylenes is 1. The fraction of sp³-hybridized carbons (Fsp3) is 0.0417. The number of amides is 1. The van der Waals surface area contributed by atoms with Gasteiger partial charge in [-0.2, -0.15) is 0 Å². The molecule has 0 aliphatic carbocycles. The quantitative estimate of drug-likeness (QED) is 0.272. The van der Waals surface area contributed by atoms with Crippen LogP contribution >= 0.6 is 0 Å². The van der Waals surface area contributed by atoms with Gasteiger partial charge in [0.05, 0.1) is 6.54 Å². The molecular formula is C24H15NO. The van der Waals surface area contributed by atoms with E-state index in [0.717, 1.165) is 10.8 Å². The average Bonchev–Trinajstić information content (AvgIpc) is 2.69. The number of hydrogen-bond acceptors (Lipinski definition) is 1. The highest BCUT2D eigenvalue weighted by atomic mass is 16.1. The standard InChI is InChI=1S/C24H15NO/c1-2-14-25-24(26)21-13-12-20-17-9-4-7-15-6-3-8-16(22(15)17)18-10-5-11-19(21)23(18)20/h1,3-13H,14H2,(H,25,26). The van der Waals surface area contributed by atoms with Crippen LogP contribution in [-0.2, 0) is 0 Å². The van der Waals surface area contributed by atoms with Crippen molar-refractivity contribution in [2.24, 2.45) is 0 Å². The predicted octanol–water partition coefficient (Wildman–Crippen LogP) is 5.10. The Kier molecular flexibility index (Phi) is 3.10. The normalized spacial score (nSPS) is 11.3. The van der Waals surface area contributed by atoms with Gasteiger partial charge < -0.3 is 5.32 Å². The molecule has 0 saturated heterocycles. The van der Waals surface area contributed by atoms with Crippen molar-refractivity contribution in [3.05, 3.63) is 72.3 Å². The SMILES string of the molecule is C#CCNC(=O)c1ccc2c3cccc4cccc(c5cccc1c52)c43. The molecule has 0 radical (unpaired) electrons. The van der Waals surface area contributed by atoms with Gasteiger partial charge in [0.15, 0.2) is 0 Å². The molecule has 0 unspecified atom stereocenters. The van der Waals surface area contributed by atoms with Crippen molar-refractivity contribution in [2.75, 3.05) is 6.54 Å². The van der Waals surface area contributed by atoms with Crippen LogP contribution in [0.5, 0.6) is 0 Å². The zero-order valence-electron chi connectivity index (χ0n) is 14.0. The second kappa shape index (κ2) is 5.47. The lowest BCUT2D eigenvalue weighted by Gasteiger charge is -2.16. The number of rotatable bonds is 2. The van der Waals surface area contributed by atoms with Gasteiger partial charge in [0.25, 0.3) is 5.91 Å². The van der Waals surface area contributed by atoms with Crippen LogP contribution in [0, 0.1) is 12.3 Å². The first-order valence-electron chi connectivity index (χ1n) is 8.59. The van der Waals surface area contributed by atoms with Crippen LogP contribution in [0.25, 0.3) is 43.1 Å². The fourth-order valence-electron chi connectivity index (χ4n) is 4.07. The largest absolute Gasteiger partial charge is 0.341 e. The number of benzene rings is 5.